The van der Waals surface area contributed by atoms with Gasteiger partial charge in [-0.15, -0.1) is 0 Å². The Morgan fingerprint density at radius 2 is 1.94 bits per heavy atom. The lowest BCUT2D eigenvalue weighted by Gasteiger charge is -2.30. The minimum atomic E-state index is -0.444. The molecular weight excluding hydrogens is 432 g/mol. The lowest BCUT2D eigenvalue weighted by Crippen LogP contribution is -2.12. The lowest BCUT2D eigenvalue weighted by molar-refractivity contribution is -0.385. The SMILES string of the molecule is O=[N+]([O-])c1ccc(C#CCCC2CCc3c(-c4ccccc4)cc4c5c(ccc2c35)C=CC4)nc1. The molecule has 4 nitrogen and oxygen atoms in total. The fourth-order valence-corrected chi connectivity index (χ4v) is 5.60. The van der Waals surface area contributed by atoms with Crippen molar-refractivity contribution in [1.82, 2.24) is 4.98 Å². The van der Waals surface area contributed by atoms with Crippen LogP contribution in [-0.2, 0) is 12.8 Å². The summed E-state index contributed by atoms with van der Waals surface area (Å²) in [5.41, 5.74) is 8.93. The normalized spacial score (nSPS) is 15.5. The van der Waals surface area contributed by atoms with E-state index in [2.05, 4.69) is 77.5 Å². The molecule has 35 heavy (non-hydrogen) atoms. The molecule has 2 aliphatic carbocycles. The zero-order valence-corrected chi connectivity index (χ0v) is 19.3. The van der Waals surface area contributed by atoms with Gasteiger partial charge in [0.15, 0.2) is 0 Å². The van der Waals surface area contributed by atoms with Gasteiger partial charge in [0, 0.05) is 12.5 Å². The minimum absolute atomic E-state index is 0.0128. The van der Waals surface area contributed by atoms with Gasteiger partial charge >= 0.3 is 0 Å². The summed E-state index contributed by atoms with van der Waals surface area (Å²) in [6.45, 7) is 0. The molecule has 6 rings (SSSR count). The molecule has 1 atom stereocenters. The van der Waals surface area contributed by atoms with Crippen molar-refractivity contribution >= 4 is 22.5 Å². The molecule has 4 heteroatoms. The van der Waals surface area contributed by atoms with Crippen molar-refractivity contribution in [3.63, 3.8) is 0 Å². The summed E-state index contributed by atoms with van der Waals surface area (Å²) in [4.78, 5) is 14.5. The Morgan fingerprint density at radius 1 is 1.06 bits per heavy atom. The summed E-state index contributed by atoms with van der Waals surface area (Å²) >= 11 is 0. The predicted molar refractivity (Wildman–Crippen MR) is 140 cm³/mol. The van der Waals surface area contributed by atoms with Gasteiger partial charge in [-0.2, -0.15) is 0 Å². The van der Waals surface area contributed by atoms with E-state index in [1.54, 1.807) is 6.07 Å². The third kappa shape index (κ3) is 3.90. The number of aromatic nitrogens is 1. The second kappa shape index (κ2) is 8.85. The number of rotatable bonds is 4. The van der Waals surface area contributed by atoms with Crippen LogP contribution in [0.3, 0.4) is 0 Å². The molecule has 170 valence electrons. The first-order valence-electron chi connectivity index (χ1n) is 12.1. The van der Waals surface area contributed by atoms with E-state index in [0.29, 0.717) is 11.6 Å². The van der Waals surface area contributed by atoms with E-state index in [1.165, 1.54) is 56.4 Å². The van der Waals surface area contributed by atoms with Crippen LogP contribution < -0.4 is 0 Å². The van der Waals surface area contributed by atoms with Gasteiger partial charge in [0.05, 0.1) is 4.92 Å². The minimum Gasteiger partial charge on any atom is -0.258 e. The number of hydrogen-bond donors (Lipinski definition) is 0. The fourth-order valence-electron chi connectivity index (χ4n) is 5.60. The third-order valence-electron chi connectivity index (χ3n) is 7.23. The van der Waals surface area contributed by atoms with Crippen LogP contribution >= 0.6 is 0 Å². The number of aryl methyl sites for hydroxylation is 1. The van der Waals surface area contributed by atoms with E-state index < -0.39 is 4.92 Å². The first kappa shape index (κ1) is 21.3. The molecule has 0 bridgehead atoms. The zero-order chi connectivity index (χ0) is 23.8. The molecular formula is C31H24N2O2. The summed E-state index contributed by atoms with van der Waals surface area (Å²) in [5.74, 6) is 6.78. The summed E-state index contributed by atoms with van der Waals surface area (Å²) < 4.78 is 0. The molecule has 0 saturated carbocycles. The van der Waals surface area contributed by atoms with Gasteiger partial charge in [0.1, 0.15) is 11.9 Å². The topological polar surface area (TPSA) is 56.0 Å². The molecule has 0 N–H and O–H groups in total. The highest BCUT2D eigenvalue weighted by Gasteiger charge is 2.26. The Bertz CT molecular complexity index is 1540. The zero-order valence-electron chi connectivity index (χ0n) is 19.3. The first-order valence-corrected chi connectivity index (χ1v) is 12.1. The van der Waals surface area contributed by atoms with Gasteiger partial charge in [-0.1, -0.05) is 60.5 Å². The van der Waals surface area contributed by atoms with Gasteiger partial charge in [-0.25, -0.2) is 4.98 Å². The van der Waals surface area contributed by atoms with Gasteiger partial charge in [0.25, 0.3) is 5.69 Å². The van der Waals surface area contributed by atoms with Crippen molar-refractivity contribution in [2.45, 2.75) is 38.0 Å². The molecule has 3 aromatic carbocycles. The van der Waals surface area contributed by atoms with Gasteiger partial charge in [0.2, 0.25) is 0 Å². The van der Waals surface area contributed by atoms with Gasteiger partial charge in [-0.3, -0.25) is 10.1 Å². The van der Waals surface area contributed by atoms with Crippen molar-refractivity contribution in [1.29, 1.82) is 0 Å². The molecule has 0 fully saturated rings. The summed E-state index contributed by atoms with van der Waals surface area (Å²) in [6, 6.07) is 20.9. The second-order valence-electron chi connectivity index (χ2n) is 9.26. The largest absolute Gasteiger partial charge is 0.287 e. The predicted octanol–water partition coefficient (Wildman–Crippen LogP) is 7.24. The number of nitrogens with zero attached hydrogens (tertiary/aromatic N) is 2. The maximum absolute atomic E-state index is 10.8. The number of hydrogen-bond acceptors (Lipinski definition) is 3. The standard InChI is InChI=1S/C31H24N2O2/c34-33(35)26-16-15-25(32-20-26)12-5-4-9-22-13-18-28-29(21-7-2-1-3-8-21)19-24-11-6-10-23-14-17-27(22)31(28)30(23)24/h1-3,6-8,10,14-17,19-20,22H,4,9,11,13,18H2. The third-order valence-corrected chi connectivity index (χ3v) is 7.23. The van der Waals surface area contributed by atoms with E-state index in [-0.39, 0.29) is 5.69 Å². The molecule has 0 aliphatic heterocycles. The van der Waals surface area contributed by atoms with E-state index in [0.717, 1.165) is 32.1 Å². The van der Waals surface area contributed by atoms with Crippen LogP contribution in [0, 0.1) is 22.0 Å². The molecule has 0 saturated heterocycles. The van der Waals surface area contributed by atoms with Crippen molar-refractivity contribution < 1.29 is 4.92 Å². The van der Waals surface area contributed by atoms with Gasteiger partial charge < -0.3 is 0 Å². The van der Waals surface area contributed by atoms with Crippen LogP contribution in [0.2, 0.25) is 0 Å². The number of allylic oxidation sites excluding steroid dienone is 1. The summed E-state index contributed by atoms with van der Waals surface area (Å²) in [7, 11) is 0. The Labute approximate surface area is 204 Å². The van der Waals surface area contributed by atoms with E-state index in [1.807, 2.05) is 0 Å². The van der Waals surface area contributed by atoms with Crippen molar-refractivity contribution in [2.75, 3.05) is 0 Å². The monoisotopic (exact) mass is 456 g/mol. The molecule has 0 amide bonds. The maximum atomic E-state index is 10.8. The van der Waals surface area contributed by atoms with Crippen LogP contribution in [0.1, 0.15) is 53.1 Å². The smallest absolute Gasteiger partial charge is 0.258 e. The van der Waals surface area contributed by atoms with Crippen molar-refractivity contribution in [3.05, 3.63) is 111 Å². The van der Waals surface area contributed by atoms with Crippen molar-refractivity contribution in [2.24, 2.45) is 0 Å². The molecule has 1 aromatic heterocycles. The quantitative estimate of drug-likeness (QED) is 0.185. The molecule has 2 aliphatic rings. The molecule has 0 radical (unpaired) electrons. The first-order chi connectivity index (χ1) is 17.2. The Balaban J connectivity index is 1.33. The molecule has 4 aromatic rings. The van der Waals surface area contributed by atoms with Crippen LogP contribution in [0.15, 0.2) is 72.9 Å². The average Bonchev–Trinajstić information content (AvgIpc) is 2.90. The summed E-state index contributed by atoms with van der Waals surface area (Å²) in [5, 5.41) is 13.7. The van der Waals surface area contributed by atoms with Crippen molar-refractivity contribution in [3.8, 4) is 23.0 Å². The Kier molecular flexibility index (Phi) is 5.39. The number of benzene rings is 3. The van der Waals surface area contributed by atoms with E-state index in [4.69, 9.17) is 0 Å². The second-order valence-corrected chi connectivity index (χ2v) is 9.26. The van der Waals surface area contributed by atoms with Crippen LogP contribution in [0.4, 0.5) is 5.69 Å². The van der Waals surface area contributed by atoms with Gasteiger partial charge in [-0.05, 0) is 93.8 Å². The highest BCUT2D eigenvalue weighted by atomic mass is 16.6. The molecule has 1 unspecified atom stereocenters. The van der Waals surface area contributed by atoms with Crippen LogP contribution in [-0.4, -0.2) is 9.91 Å². The van der Waals surface area contributed by atoms with E-state index in [9.17, 15) is 10.1 Å². The Hall–Kier alpha value is -4.23. The molecule has 1 heterocycles. The summed E-state index contributed by atoms with van der Waals surface area (Å²) in [6.07, 6.45) is 10.7. The Morgan fingerprint density at radius 3 is 2.74 bits per heavy atom. The number of nitro groups is 1. The van der Waals surface area contributed by atoms with E-state index >= 15 is 0 Å². The number of pyridine rings is 1. The van der Waals surface area contributed by atoms with Crippen LogP contribution in [0.5, 0.6) is 0 Å². The van der Waals surface area contributed by atoms with Crippen LogP contribution in [0.25, 0.3) is 28.0 Å². The maximum Gasteiger partial charge on any atom is 0.287 e. The fraction of sp³-hybridized carbons (Fsp3) is 0.194. The highest BCUT2D eigenvalue weighted by Crippen LogP contribution is 2.46. The highest BCUT2D eigenvalue weighted by molar-refractivity contribution is 6.03. The molecule has 0 spiro atoms. The average molecular weight is 457 g/mol. The lowest BCUT2D eigenvalue weighted by atomic mass is 9.74.